The van der Waals surface area contributed by atoms with Crippen LogP contribution in [0.4, 0.5) is 0 Å². The summed E-state index contributed by atoms with van der Waals surface area (Å²) in [6.45, 7) is 1.99. The van der Waals surface area contributed by atoms with Crippen molar-refractivity contribution in [2.75, 3.05) is 0 Å². The van der Waals surface area contributed by atoms with Gasteiger partial charge < -0.3 is 0 Å². The molecule has 1 aromatic rings. The number of hydrazone groups is 1. The fourth-order valence-electron chi connectivity index (χ4n) is 1.86. The molecular formula is C15H22N4O3S. The maximum atomic E-state index is 11.8. The van der Waals surface area contributed by atoms with Crippen molar-refractivity contribution in [2.45, 2.75) is 39.0 Å². The van der Waals surface area contributed by atoms with E-state index >= 15 is 0 Å². The number of rotatable bonds is 9. The first-order valence-corrected chi connectivity index (χ1v) is 7.73. The molecule has 0 bridgehead atoms. The maximum absolute atomic E-state index is 11.8. The van der Waals surface area contributed by atoms with Gasteiger partial charge in [-0.25, -0.2) is 11.0 Å². The van der Waals surface area contributed by atoms with Gasteiger partial charge in [0, 0.05) is 12.8 Å². The molecule has 0 aliphatic heterocycles. The first-order valence-electron chi connectivity index (χ1n) is 7.33. The van der Waals surface area contributed by atoms with Gasteiger partial charge in [-0.15, -0.1) is 0 Å². The average molecular weight is 338 g/mol. The van der Waals surface area contributed by atoms with Crippen LogP contribution in [0.3, 0.4) is 0 Å². The lowest BCUT2D eigenvalue weighted by Crippen LogP contribution is -2.31. The zero-order valence-corrected chi connectivity index (χ0v) is 13.9. The lowest BCUT2D eigenvalue weighted by molar-refractivity contribution is -0.129. The average Bonchev–Trinajstić information content (AvgIpc) is 2.54. The first kappa shape index (κ1) is 19.0. The lowest BCUT2D eigenvalue weighted by atomic mass is 10.1. The van der Waals surface area contributed by atoms with Gasteiger partial charge in [-0.05, 0) is 38.1 Å². The summed E-state index contributed by atoms with van der Waals surface area (Å²) in [7, 11) is 0. The molecule has 0 spiro atoms. The highest BCUT2D eigenvalue weighted by Crippen LogP contribution is 2.06. The van der Waals surface area contributed by atoms with Gasteiger partial charge in [0.1, 0.15) is 0 Å². The zero-order chi connectivity index (χ0) is 17.1. The van der Waals surface area contributed by atoms with Crippen LogP contribution in [0.1, 0.15) is 43.2 Å². The number of carbonyl (C=O) groups is 2. The summed E-state index contributed by atoms with van der Waals surface area (Å²) >= 11 is 4.03. The Morgan fingerprint density at radius 1 is 1.30 bits per heavy atom. The van der Waals surface area contributed by atoms with E-state index in [9.17, 15) is 9.59 Å². The summed E-state index contributed by atoms with van der Waals surface area (Å²) < 4.78 is 1.03. The Labute approximate surface area is 141 Å². The van der Waals surface area contributed by atoms with Crippen molar-refractivity contribution in [3.8, 4) is 0 Å². The highest BCUT2D eigenvalue weighted by Gasteiger charge is 2.08. The second-order valence-corrected chi connectivity index (χ2v) is 5.47. The van der Waals surface area contributed by atoms with Crippen LogP contribution >= 0.6 is 12.8 Å². The number of hydroxylamine groups is 1. The number of carbonyl (C=O) groups excluding carboxylic acids is 2. The molecule has 0 saturated heterocycles. The van der Waals surface area contributed by atoms with Crippen LogP contribution in [0.2, 0.25) is 0 Å². The van der Waals surface area contributed by atoms with Gasteiger partial charge in [0.25, 0.3) is 5.91 Å². The van der Waals surface area contributed by atoms with E-state index in [0.29, 0.717) is 25.7 Å². The molecule has 0 unspecified atom stereocenters. The summed E-state index contributed by atoms with van der Waals surface area (Å²) in [5.41, 5.74) is 6.16. The molecule has 8 heteroatoms. The van der Waals surface area contributed by atoms with Crippen LogP contribution in [-0.4, -0.2) is 27.7 Å². The topological polar surface area (TPSA) is 94.0 Å². The number of hydrogen-bond donors (Lipinski definition) is 4. The molecule has 7 nitrogen and oxygen atoms in total. The second kappa shape index (κ2) is 10.6. The molecule has 23 heavy (non-hydrogen) atoms. The molecule has 1 rings (SSSR count). The summed E-state index contributed by atoms with van der Waals surface area (Å²) in [4.78, 5) is 22.6. The number of hydrogen-bond acceptors (Lipinski definition) is 6. The third-order valence-corrected chi connectivity index (χ3v) is 3.38. The van der Waals surface area contributed by atoms with Crippen molar-refractivity contribution in [3.05, 3.63) is 35.4 Å². The Kier molecular flexibility index (Phi) is 8.78. The number of aryl methyl sites for hydroxylation is 1. The monoisotopic (exact) mass is 338 g/mol. The number of thiol groups is 1. The molecule has 0 aliphatic rings. The van der Waals surface area contributed by atoms with E-state index in [2.05, 4.69) is 23.5 Å². The van der Waals surface area contributed by atoms with Crippen molar-refractivity contribution in [3.63, 3.8) is 0 Å². The van der Waals surface area contributed by atoms with E-state index in [0.717, 1.165) is 15.5 Å². The highest BCUT2D eigenvalue weighted by molar-refractivity contribution is 7.78. The van der Waals surface area contributed by atoms with Crippen LogP contribution in [0.25, 0.3) is 0 Å². The summed E-state index contributed by atoms with van der Waals surface area (Å²) in [5, 5.41) is 12.3. The van der Waals surface area contributed by atoms with Crippen LogP contribution in [0.15, 0.2) is 29.4 Å². The Morgan fingerprint density at radius 3 is 2.74 bits per heavy atom. The van der Waals surface area contributed by atoms with Crippen molar-refractivity contribution >= 4 is 30.8 Å². The third kappa shape index (κ3) is 8.22. The van der Waals surface area contributed by atoms with Gasteiger partial charge in [0.2, 0.25) is 5.91 Å². The van der Waals surface area contributed by atoms with E-state index < -0.39 is 5.91 Å². The Bertz CT molecular complexity index is 551. The van der Waals surface area contributed by atoms with Crippen molar-refractivity contribution in [1.29, 1.82) is 0 Å². The Morgan fingerprint density at radius 2 is 2.04 bits per heavy atom. The number of benzene rings is 1. The molecule has 0 aromatic heterocycles. The molecule has 126 valence electrons. The van der Waals surface area contributed by atoms with Crippen LogP contribution in [0, 0.1) is 6.92 Å². The van der Waals surface area contributed by atoms with Crippen molar-refractivity contribution < 1.29 is 14.8 Å². The predicted octanol–water partition coefficient (Wildman–Crippen LogP) is 1.96. The Hall–Kier alpha value is -2.06. The van der Waals surface area contributed by atoms with Gasteiger partial charge in [-0.2, -0.15) is 9.52 Å². The van der Waals surface area contributed by atoms with Crippen LogP contribution in [-0.2, 0) is 9.59 Å². The fraction of sp³-hybridized carbons (Fsp3) is 0.400. The molecule has 2 amide bonds. The van der Waals surface area contributed by atoms with Crippen molar-refractivity contribution in [1.82, 2.24) is 15.4 Å². The maximum Gasteiger partial charge on any atom is 0.252 e. The zero-order valence-electron chi connectivity index (χ0n) is 13.0. The standard InChI is InChI=1S/C15H22N4O3S/c1-12-6-5-7-13(10-12)11-16-18-19(23)15(21)9-4-2-3-8-14(20)17-22/h5-7,10-11,18,22-23H,2-4,8-9H2,1H3,(H,17,20)/b16-11+. The minimum Gasteiger partial charge on any atom is -0.289 e. The molecule has 0 fully saturated rings. The largest absolute Gasteiger partial charge is 0.289 e. The molecule has 1 aromatic carbocycles. The molecule has 0 saturated carbocycles. The predicted molar refractivity (Wildman–Crippen MR) is 90.8 cm³/mol. The van der Waals surface area contributed by atoms with E-state index in [1.54, 1.807) is 11.7 Å². The molecule has 0 radical (unpaired) electrons. The summed E-state index contributed by atoms with van der Waals surface area (Å²) in [5.74, 6) is -0.624. The number of nitrogens with one attached hydrogen (secondary N) is 2. The van der Waals surface area contributed by atoms with Gasteiger partial charge in [-0.3, -0.25) is 14.8 Å². The van der Waals surface area contributed by atoms with E-state index in [4.69, 9.17) is 5.21 Å². The van der Waals surface area contributed by atoms with E-state index in [1.807, 2.05) is 31.2 Å². The molecule has 0 atom stereocenters. The lowest BCUT2D eigenvalue weighted by Gasteiger charge is -2.13. The normalized spacial score (nSPS) is 10.6. The van der Waals surface area contributed by atoms with Crippen molar-refractivity contribution in [2.24, 2.45) is 5.10 Å². The van der Waals surface area contributed by atoms with E-state index in [-0.39, 0.29) is 12.3 Å². The SMILES string of the molecule is Cc1cccc(/C=N/NN(S)C(=O)CCCCCC(=O)NO)c1. The van der Waals surface area contributed by atoms with E-state index in [1.165, 1.54) is 0 Å². The second-order valence-electron chi connectivity index (χ2n) is 5.07. The quantitative estimate of drug-likeness (QED) is 0.182. The number of unbranched alkanes of at least 4 members (excludes halogenated alkanes) is 2. The number of amides is 2. The molecule has 3 N–H and O–H groups in total. The fourth-order valence-corrected chi connectivity index (χ4v) is 2.02. The third-order valence-electron chi connectivity index (χ3n) is 3.06. The summed E-state index contributed by atoms with van der Waals surface area (Å²) in [6.07, 6.45) is 4.12. The number of nitrogens with zero attached hydrogens (tertiary/aromatic N) is 2. The molecule has 0 heterocycles. The van der Waals surface area contributed by atoms with Gasteiger partial charge in [0.05, 0.1) is 6.21 Å². The molecular weight excluding hydrogens is 316 g/mol. The highest BCUT2D eigenvalue weighted by atomic mass is 32.1. The van der Waals surface area contributed by atoms with Crippen LogP contribution < -0.4 is 11.0 Å². The smallest absolute Gasteiger partial charge is 0.252 e. The summed E-state index contributed by atoms with van der Waals surface area (Å²) in [6, 6.07) is 7.80. The van der Waals surface area contributed by atoms with Crippen LogP contribution in [0.5, 0.6) is 0 Å². The number of hydrazine groups is 1. The Balaban J connectivity index is 2.22. The minimum absolute atomic E-state index is 0.207. The van der Waals surface area contributed by atoms with Gasteiger partial charge >= 0.3 is 0 Å². The minimum atomic E-state index is -0.417. The molecule has 0 aliphatic carbocycles. The van der Waals surface area contributed by atoms with Gasteiger partial charge in [-0.1, -0.05) is 36.2 Å². The first-order chi connectivity index (χ1) is 11.0. The van der Waals surface area contributed by atoms with Gasteiger partial charge in [0.15, 0.2) is 0 Å².